The van der Waals surface area contributed by atoms with Crippen LogP contribution in [0.2, 0.25) is 0 Å². The molecule has 0 atom stereocenters. The van der Waals surface area contributed by atoms with Crippen molar-refractivity contribution in [3.05, 3.63) is 42.3 Å². The zero-order valence-corrected chi connectivity index (χ0v) is 15.5. The Labute approximate surface area is 154 Å². The van der Waals surface area contributed by atoms with Crippen LogP contribution in [-0.4, -0.2) is 68.2 Å². The summed E-state index contributed by atoms with van der Waals surface area (Å²) in [6.45, 7) is 4.99. The van der Waals surface area contributed by atoms with Crippen molar-refractivity contribution in [3.8, 4) is 0 Å². The highest BCUT2D eigenvalue weighted by Crippen LogP contribution is 2.21. The van der Waals surface area contributed by atoms with Gasteiger partial charge in [0, 0.05) is 38.9 Å². The standard InChI is InChI=1S/C19H27FN6/c1-24(2)11-5-9-21-18-8-10-22-19(23-18)26-14-12-25(13-15-26)17-7-4-3-6-16(17)20/h3-4,6-8,10H,5,9,11-15H2,1-2H3,(H,21,22,23). The Balaban J connectivity index is 1.54. The van der Waals surface area contributed by atoms with Crippen molar-refractivity contribution in [2.24, 2.45) is 0 Å². The van der Waals surface area contributed by atoms with Crippen LogP contribution < -0.4 is 15.1 Å². The number of aromatic nitrogens is 2. The van der Waals surface area contributed by atoms with E-state index in [2.05, 4.69) is 44.1 Å². The van der Waals surface area contributed by atoms with Gasteiger partial charge in [0.2, 0.25) is 5.95 Å². The molecule has 1 aromatic carbocycles. The maximum absolute atomic E-state index is 14.0. The van der Waals surface area contributed by atoms with Crippen LogP contribution in [0.4, 0.5) is 21.8 Å². The molecule has 1 aromatic heterocycles. The van der Waals surface area contributed by atoms with Crippen LogP contribution >= 0.6 is 0 Å². The summed E-state index contributed by atoms with van der Waals surface area (Å²) in [5.41, 5.74) is 0.671. The minimum absolute atomic E-state index is 0.166. The van der Waals surface area contributed by atoms with Crippen LogP contribution in [0.25, 0.3) is 0 Å². The molecule has 6 nitrogen and oxygen atoms in total. The van der Waals surface area contributed by atoms with E-state index in [1.165, 1.54) is 6.07 Å². The molecule has 0 saturated carbocycles. The van der Waals surface area contributed by atoms with E-state index in [1.807, 2.05) is 18.2 Å². The highest BCUT2D eigenvalue weighted by atomic mass is 19.1. The molecular formula is C19H27FN6. The van der Waals surface area contributed by atoms with Gasteiger partial charge in [0.15, 0.2) is 0 Å². The van der Waals surface area contributed by atoms with E-state index in [4.69, 9.17) is 0 Å². The molecule has 26 heavy (non-hydrogen) atoms. The third-order valence-corrected chi connectivity index (χ3v) is 4.49. The highest BCUT2D eigenvalue weighted by molar-refractivity contribution is 5.50. The Hall–Kier alpha value is -2.41. The van der Waals surface area contributed by atoms with E-state index in [9.17, 15) is 4.39 Å². The van der Waals surface area contributed by atoms with Crippen LogP contribution in [0.3, 0.4) is 0 Å². The molecule has 3 rings (SSSR count). The second-order valence-electron chi connectivity index (χ2n) is 6.75. The number of hydrogen-bond donors (Lipinski definition) is 1. The van der Waals surface area contributed by atoms with Gasteiger partial charge in [0.1, 0.15) is 11.6 Å². The van der Waals surface area contributed by atoms with E-state index in [-0.39, 0.29) is 5.82 Å². The van der Waals surface area contributed by atoms with Gasteiger partial charge in [-0.15, -0.1) is 0 Å². The van der Waals surface area contributed by atoms with Crippen molar-refractivity contribution in [2.45, 2.75) is 6.42 Å². The first-order valence-corrected chi connectivity index (χ1v) is 9.09. The average Bonchev–Trinajstić information content (AvgIpc) is 2.66. The van der Waals surface area contributed by atoms with Crippen molar-refractivity contribution in [1.29, 1.82) is 0 Å². The zero-order chi connectivity index (χ0) is 18.4. The van der Waals surface area contributed by atoms with Gasteiger partial charge in [-0.05, 0) is 45.3 Å². The van der Waals surface area contributed by atoms with Gasteiger partial charge in [-0.3, -0.25) is 0 Å². The smallest absolute Gasteiger partial charge is 0.227 e. The fourth-order valence-corrected chi connectivity index (χ4v) is 3.07. The first-order chi connectivity index (χ1) is 12.6. The summed E-state index contributed by atoms with van der Waals surface area (Å²) >= 11 is 0. The summed E-state index contributed by atoms with van der Waals surface area (Å²) in [7, 11) is 4.15. The van der Waals surface area contributed by atoms with Crippen LogP contribution in [0, 0.1) is 5.82 Å². The number of rotatable bonds is 7. The number of halogens is 1. The Morgan fingerprint density at radius 3 is 2.54 bits per heavy atom. The largest absolute Gasteiger partial charge is 0.370 e. The minimum atomic E-state index is -0.166. The van der Waals surface area contributed by atoms with Crippen molar-refractivity contribution in [2.75, 3.05) is 68.5 Å². The molecule has 140 valence electrons. The van der Waals surface area contributed by atoms with E-state index >= 15 is 0 Å². The van der Waals surface area contributed by atoms with Gasteiger partial charge in [-0.25, -0.2) is 9.37 Å². The molecule has 2 aromatic rings. The van der Waals surface area contributed by atoms with Crippen LogP contribution in [0.5, 0.6) is 0 Å². The fraction of sp³-hybridized carbons (Fsp3) is 0.474. The predicted octanol–water partition coefficient (Wildman–Crippen LogP) is 2.31. The van der Waals surface area contributed by atoms with Crippen molar-refractivity contribution < 1.29 is 4.39 Å². The summed E-state index contributed by atoms with van der Waals surface area (Å²) in [6, 6.07) is 8.84. The van der Waals surface area contributed by atoms with Gasteiger partial charge in [0.25, 0.3) is 0 Å². The quantitative estimate of drug-likeness (QED) is 0.767. The van der Waals surface area contributed by atoms with E-state index in [0.717, 1.165) is 57.5 Å². The average molecular weight is 358 g/mol. The third-order valence-electron chi connectivity index (χ3n) is 4.49. The summed E-state index contributed by atoms with van der Waals surface area (Å²) < 4.78 is 14.0. The minimum Gasteiger partial charge on any atom is -0.370 e. The van der Waals surface area contributed by atoms with Gasteiger partial charge < -0.3 is 20.0 Å². The van der Waals surface area contributed by atoms with Gasteiger partial charge in [-0.2, -0.15) is 4.98 Å². The number of anilines is 3. The molecule has 1 saturated heterocycles. The second kappa shape index (κ2) is 8.80. The lowest BCUT2D eigenvalue weighted by molar-refractivity contribution is 0.405. The molecule has 2 heterocycles. The molecule has 0 amide bonds. The SMILES string of the molecule is CN(C)CCCNc1ccnc(N2CCN(c3ccccc3F)CC2)n1. The molecule has 7 heteroatoms. The lowest BCUT2D eigenvalue weighted by atomic mass is 10.2. The van der Waals surface area contributed by atoms with Gasteiger partial charge in [0.05, 0.1) is 5.69 Å². The maximum atomic E-state index is 14.0. The van der Waals surface area contributed by atoms with E-state index in [0.29, 0.717) is 5.69 Å². The molecule has 0 aliphatic carbocycles. The summed E-state index contributed by atoms with van der Waals surface area (Å²) in [5.74, 6) is 1.42. The first-order valence-electron chi connectivity index (χ1n) is 9.09. The molecular weight excluding hydrogens is 331 g/mol. The molecule has 1 fully saturated rings. The highest BCUT2D eigenvalue weighted by Gasteiger charge is 2.21. The molecule has 0 unspecified atom stereocenters. The number of nitrogens with one attached hydrogen (secondary N) is 1. The number of nitrogens with zero attached hydrogens (tertiary/aromatic N) is 5. The summed E-state index contributed by atoms with van der Waals surface area (Å²) in [5, 5.41) is 3.36. The van der Waals surface area contributed by atoms with Crippen molar-refractivity contribution in [1.82, 2.24) is 14.9 Å². The predicted molar refractivity (Wildman–Crippen MR) is 105 cm³/mol. The van der Waals surface area contributed by atoms with Crippen LogP contribution in [-0.2, 0) is 0 Å². The molecule has 1 aliphatic rings. The lowest BCUT2D eigenvalue weighted by Crippen LogP contribution is -2.47. The number of para-hydroxylation sites is 1. The monoisotopic (exact) mass is 358 g/mol. The number of piperazine rings is 1. The second-order valence-corrected chi connectivity index (χ2v) is 6.75. The first kappa shape index (κ1) is 18.4. The molecule has 0 bridgehead atoms. The zero-order valence-electron chi connectivity index (χ0n) is 15.5. The normalized spacial score (nSPS) is 14.8. The molecule has 1 aliphatic heterocycles. The van der Waals surface area contributed by atoms with E-state index in [1.54, 1.807) is 12.3 Å². The Morgan fingerprint density at radius 1 is 1.08 bits per heavy atom. The van der Waals surface area contributed by atoms with Crippen molar-refractivity contribution >= 4 is 17.5 Å². The lowest BCUT2D eigenvalue weighted by Gasteiger charge is -2.36. The van der Waals surface area contributed by atoms with Gasteiger partial charge >= 0.3 is 0 Å². The Morgan fingerprint density at radius 2 is 1.81 bits per heavy atom. The Kier molecular flexibility index (Phi) is 6.22. The fourth-order valence-electron chi connectivity index (χ4n) is 3.07. The van der Waals surface area contributed by atoms with Crippen LogP contribution in [0.1, 0.15) is 6.42 Å². The molecule has 1 N–H and O–H groups in total. The third kappa shape index (κ3) is 4.82. The van der Waals surface area contributed by atoms with E-state index < -0.39 is 0 Å². The number of benzene rings is 1. The summed E-state index contributed by atoms with van der Waals surface area (Å²) in [4.78, 5) is 15.4. The topological polar surface area (TPSA) is 47.5 Å². The van der Waals surface area contributed by atoms with Crippen LogP contribution in [0.15, 0.2) is 36.5 Å². The maximum Gasteiger partial charge on any atom is 0.227 e. The summed E-state index contributed by atoms with van der Waals surface area (Å²) in [6.07, 6.45) is 2.85. The number of hydrogen-bond acceptors (Lipinski definition) is 6. The molecule has 0 radical (unpaired) electrons. The molecule has 0 spiro atoms. The Bertz CT molecular complexity index is 700. The van der Waals surface area contributed by atoms with Gasteiger partial charge in [-0.1, -0.05) is 12.1 Å². The van der Waals surface area contributed by atoms with Crippen molar-refractivity contribution in [3.63, 3.8) is 0 Å².